The lowest BCUT2D eigenvalue weighted by molar-refractivity contribution is -0.129. The molecule has 2 atom stereocenters. The van der Waals surface area contributed by atoms with Crippen molar-refractivity contribution in [3.8, 4) is 0 Å². The number of amides is 1. The topological polar surface area (TPSA) is 89.4 Å². The Bertz CT molecular complexity index is 705. The number of nitrogens with zero attached hydrogens (tertiary/aromatic N) is 3. The highest BCUT2D eigenvalue weighted by Crippen LogP contribution is 2.34. The number of likely N-dealkylation sites (tertiary alicyclic amines) is 1. The summed E-state index contributed by atoms with van der Waals surface area (Å²) in [5.41, 5.74) is 0.459. The third-order valence-corrected chi connectivity index (χ3v) is 4.83. The van der Waals surface area contributed by atoms with Crippen LogP contribution in [-0.4, -0.2) is 51.9 Å². The molecule has 0 unspecified atom stereocenters. The van der Waals surface area contributed by atoms with Gasteiger partial charge in [0.2, 0.25) is 0 Å². The van der Waals surface area contributed by atoms with Gasteiger partial charge >= 0.3 is 5.69 Å². The average Bonchev–Trinajstić information content (AvgIpc) is 3.17. The molecular weight excluding hydrogens is 312 g/mol. The summed E-state index contributed by atoms with van der Waals surface area (Å²) in [6.45, 7) is 5.37. The van der Waals surface area contributed by atoms with E-state index >= 15 is 0 Å². The summed E-state index contributed by atoms with van der Waals surface area (Å²) >= 11 is 0. The van der Waals surface area contributed by atoms with Crippen molar-refractivity contribution in [1.82, 2.24) is 19.7 Å². The molecule has 24 heavy (non-hydrogen) atoms. The molecule has 8 heteroatoms. The molecule has 8 nitrogen and oxygen atoms in total. The molecule has 1 fully saturated rings. The molecule has 0 bridgehead atoms. The Hall–Kier alpha value is -2.09. The molecule has 2 aliphatic rings. The van der Waals surface area contributed by atoms with Crippen LogP contribution in [0.2, 0.25) is 0 Å². The minimum atomic E-state index is -0.274. The molecule has 1 saturated heterocycles. The number of hydrogen-bond acceptors (Lipinski definition) is 5. The molecule has 1 N–H and O–H groups in total. The molecule has 0 aliphatic carbocycles. The Morgan fingerprint density at radius 3 is 2.96 bits per heavy atom. The van der Waals surface area contributed by atoms with E-state index in [4.69, 9.17) is 9.47 Å². The highest BCUT2D eigenvalue weighted by Gasteiger charge is 2.40. The van der Waals surface area contributed by atoms with Crippen molar-refractivity contribution in [2.24, 2.45) is 0 Å². The van der Waals surface area contributed by atoms with E-state index in [9.17, 15) is 9.59 Å². The van der Waals surface area contributed by atoms with E-state index in [1.165, 1.54) is 0 Å². The number of H-pyrrole nitrogens is 1. The van der Waals surface area contributed by atoms with Crippen LogP contribution in [0.5, 0.6) is 0 Å². The minimum Gasteiger partial charge on any atom is -0.498 e. The summed E-state index contributed by atoms with van der Waals surface area (Å²) in [5.74, 6) is 1.24. The standard InChI is InChI=1S/C16H24N4O4/c1-4-19-14(17-18-16(19)22)13-8-11(23-3)9-20(13)15(21)12-6-5-7-24-10(12)2/h11,13H,4-9H2,1-3H3,(H,18,22)/t11-,13-/m0/s1. The van der Waals surface area contributed by atoms with Crippen molar-refractivity contribution >= 4 is 5.91 Å². The fourth-order valence-electron chi connectivity index (χ4n) is 3.50. The van der Waals surface area contributed by atoms with Crippen LogP contribution >= 0.6 is 0 Å². The third-order valence-electron chi connectivity index (χ3n) is 4.83. The molecule has 1 amide bonds. The summed E-state index contributed by atoms with van der Waals surface area (Å²) in [5, 5.41) is 6.65. The lowest BCUT2D eigenvalue weighted by atomic mass is 10.0. The first-order valence-corrected chi connectivity index (χ1v) is 8.38. The van der Waals surface area contributed by atoms with Gasteiger partial charge in [-0.2, -0.15) is 5.10 Å². The number of ether oxygens (including phenoxy) is 2. The largest absolute Gasteiger partial charge is 0.498 e. The predicted octanol–water partition coefficient (Wildman–Crippen LogP) is 0.964. The Kier molecular flexibility index (Phi) is 4.75. The van der Waals surface area contributed by atoms with E-state index in [2.05, 4.69) is 10.2 Å². The second kappa shape index (κ2) is 6.80. The highest BCUT2D eigenvalue weighted by molar-refractivity contribution is 5.94. The van der Waals surface area contributed by atoms with Crippen LogP contribution in [0.15, 0.2) is 16.1 Å². The van der Waals surface area contributed by atoms with Crippen LogP contribution in [-0.2, 0) is 20.8 Å². The van der Waals surface area contributed by atoms with E-state index < -0.39 is 0 Å². The predicted molar refractivity (Wildman–Crippen MR) is 86.3 cm³/mol. The molecule has 0 radical (unpaired) electrons. The zero-order chi connectivity index (χ0) is 17.3. The van der Waals surface area contributed by atoms with Crippen LogP contribution in [0.1, 0.15) is 45.0 Å². The summed E-state index contributed by atoms with van der Waals surface area (Å²) in [6.07, 6.45) is 2.11. The summed E-state index contributed by atoms with van der Waals surface area (Å²) in [7, 11) is 1.64. The SMILES string of the molecule is CCn1c([C@@H]2C[C@H](OC)CN2C(=O)C2=C(C)OCCC2)n[nH]c1=O. The van der Waals surface area contributed by atoms with Crippen LogP contribution in [0, 0.1) is 0 Å². The fourth-order valence-corrected chi connectivity index (χ4v) is 3.50. The first-order valence-electron chi connectivity index (χ1n) is 8.38. The Labute approximate surface area is 140 Å². The molecule has 0 spiro atoms. The van der Waals surface area contributed by atoms with Crippen molar-refractivity contribution in [1.29, 1.82) is 0 Å². The number of methoxy groups -OCH3 is 1. The number of rotatable bonds is 4. The van der Waals surface area contributed by atoms with E-state index in [0.29, 0.717) is 49.7 Å². The first kappa shape index (κ1) is 16.8. The number of hydrogen-bond donors (Lipinski definition) is 1. The second-order valence-corrected chi connectivity index (χ2v) is 6.18. The maximum absolute atomic E-state index is 13.1. The van der Waals surface area contributed by atoms with Gasteiger partial charge in [-0.15, -0.1) is 0 Å². The number of carbonyl (C=O) groups is 1. The number of aromatic amines is 1. The quantitative estimate of drug-likeness (QED) is 0.885. The smallest absolute Gasteiger partial charge is 0.343 e. The van der Waals surface area contributed by atoms with Crippen LogP contribution in [0.25, 0.3) is 0 Å². The Morgan fingerprint density at radius 1 is 1.50 bits per heavy atom. The molecular formula is C16H24N4O4. The normalized spacial score (nSPS) is 24.4. The van der Waals surface area contributed by atoms with Gasteiger partial charge in [0, 0.05) is 26.6 Å². The number of carbonyl (C=O) groups excluding carboxylic acids is 1. The number of nitrogens with one attached hydrogen (secondary N) is 1. The van der Waals surface area contributed by atoms with E-state index in [1.807, 2.05) is 13.8 Å². The van der Waals surface area contributed by atoms with Gasteiger partial charge in [-0.05, 0) is 26.7 Å². The molecule has 132 valence electrons. The zero-order valence-electron chi connectivity index (χ0n) is 14.4. The van der Waals surface area contributed by atoms with Gasteiger partial charge in [0.15, 0.2) is 5.82 Å². The monoisotopic (exact) mass is 336 g/mol. The van der Waals surface area contributed by atoms with Crippen LogP contribution in [0.3, 0.4) is 0 Å². The minimum absolute atomic E-state index is 0.0464. The highest BCUT2D eigenvalue weighted by atomic mass is 16.5. The van der Waals surface area contributed by atoms with E-state index in [-0.39, 0.29) is 23.7 Å². The lowest BCUT2D eigenvalue weighted by Gasteiger charge is -2.27. The van der Waals surface area contributed by atoms with Crippen molar-refractivity contribution in [3.63, 3.8) is 0 Å². The molecule has 1 aromatic rings. The maximum Gasteiger partial charge on any atom is 0.343 e. The van der Waals surface area contributed by atoms with Gasteiger partial charge in [-0.1, -0.05) is 0 Å². The molecule has 0 saturated carbocycles. The molecule has 1 aromatic heterocycles. The van der Waals surface area contributed by atoms with Crippen molar-refractivity contribution in [3.05, 3.63) is 27.6 Å². The van der Waals surface area contributed by atoms with Gasteiger partial charge in [0.25, 0.3) is 5.91 Å². The van der Waals surface area contributed by atoms with Gasteiger partial charge < -0.3 is 14.4 Å². The Balaban J connectivity index is 1.95. The van der Waals surface area contributed by atoms with Crippen LogP contribution < -0.4 is 5.69 Å². The number of aromatic nitrogens is 3. The zero-order valence-corrected chi connectivity index (χ0v) is 14.4. The summed E-state index contributed by atoms with van der Waals surface area (Å²) in [4.78, 5) is 26.7. The fraction of sp³-hybridized carbons (Fsp3) is 0.688. The van der Waals surface area contributed by atoms with Gasteiger partial charge in [0.05, 0.1) is 24.3 Å². The lowest BCUT2D eigenvalue weighted by Crippen LogP contribution is -2.36. The molecule has 3 heterocycles. The maximum atomic E-state index is 13.1. The van der Waals surface area contributed by atoms with Crippen molar-refractivity contribution in [2.75, 3.05) is 20.3 Å². The van der Waals surface area contributed by atoms with E-state index in [1.54, 1.807) is 16.6 Å². The van der Waals surface area contributed by atoms with Gasteiger partial charge in [-0.3, -0.25) is 9.36 Å². The summed E-state index contributed by atoms with van der Waals surface area (Å²) in [6, 6.07) is -0.274. The van der Waals surface area contributed by atoms with Gasteiger partial charge in [-0.25, -0.2) is 9.89 Å². The van der Waals surface area contributed by atoms with E-state index in [0.717, 1.165) is 6.42 Å². The molecule has 3 rings (SSSR count). The molecule has 0 aromatic carbocycles. The first-order chi connectivity index (χ1) is 11.6. The van der Waals surface area contributed by atoms with Crippen molar-refractivity contribution < 1.29 is 14.3 Å². The van der Waals surface area contributed by atoms with Crippen LogP contribution in [0.4, 0.5) is 0 Å². The third kappa shape index (κ3) is 2.86. The summed E-state index contributed by atoms with van der Waals surface area (Å²) < 4.78 is 12.6. The Morgan fingerprint density at radius 2 is 2.29 bits per heavy atom. The van der Waals surface area contributed by atoms with Gasteiger partial charge in [0.1, 0.15) is 5.76 Å². The molecule has 2 aliphatic heterocycles. The number of allylic oxidation sites excluding steroid dienone is 1. The average molecular weight is 336 g/mol. The second-order valence-electron chi connectivity index (χ2n) is 6.18. The van der Waals surface area contributed by atoms with Crippen molar-refractivity contribution in [2.45, 2.75) is 51.8 Å².